The fourth-order valence-corrected chi connectivity index (χ4v) is 1.76. The molecular formula is C9H6BrClN2O. The van der Waals surface area contributed by atoms with Gasteiger partial charge in [-0.25, -0.2) is 0 Å². The van der Waals surface area contributed by atoms with E-state index in [1.807, 2.05) is 12.1 Å². The molecule has 2 N–H and O–H groups in total. The van der Waals surface area contributed by atoms with Gasteiger partial charge in [0.2, 0.25) is 5.88 Å². The predicted molar refractivity (Wildman–Crippen MR) is 59.1 cm³/mol. The molecule has 0 fully saturated rings. The van der Waals surface area contributed by atoms with Crippen molar-refractivity contribution in [1.82, 2.24) is 5.16 Å². The SMILES string of the molecule is Nc1cc(-c2cccc(Cl)c2Br)no1. The highest BCUT2D eigenvalue weighted by Crippen LogP contribution is 2.33. The Morgan fingerprint density at radius 3 is 2.86 bits per heavy atom. The minimum Gasteiger partial charge on any atom is -0.368 e. The molecule has 2 rings (SSSR count). The van der Waals surface area contributed by atoms with E-state index in [1.54, 1.807) is 12.1 Å². The number of nitrogens with zero attached hydrogens (tertiary/aromatic N) is 1. The van der Waals surface area contributed by atoms with Crippen LogP contribution in [0.5, 0.6) is 0 Å². The summed E-state index contributed by atoms with van der Waals surface area (Å²) in [6.07, 6.45) is 0. The van der Waals surface area contributed by atoms with Crippen molar-refractivity contribution in [3.8, 4) is 11.3 Å². The van der Waals surface area contributed by atoms with Crippen LogP contribution < -0.4 is 5.73 Å². The zero-order valence-electron chi connectivity index (χ0n) is 7.00. The van der Waals surface area contributed by atoms with Crippen LogP contribution >= 0.6 is 27.5 Å². The number of anilines is 1. The Labute approximate surface area is 94.0 Å². The van der Waals surface area contributed by atoms with E-state index >= 15 is 0 Å². The van der Waals surface area contributed by atoms with E-state index in [0.29, 0.717) is 10.7 Å². The fraction of sp³-hybridized carbons (Fsp3) is 0. The van der Waals surface area contributed by atoms with E-state index in [9.17, 15) is 0 Å². The molecule has 0 spiro atoms. The van der Waals surface area contributed by atoms with Crippen molar-refractivity contribution in [1.29, 1.82) is 0 Å². The summed E-state index contributed by atoms with van der Waals surface area (Å²) in [6, 6.07) is 7.16. The van der Waals surface area contributed by atoms with Gasteiger partial charge >= 0.3 is 0 Å². The summed E-state index contributed by atoms with van der Waals surface area (Å²) in [5, 5.41) is 4.43. The van der Waals surface area contributed by atoms with Crippen LogP contribution in [0.2, 0.25) is 5.02 Å². The van der Waals surface area contributed by atoms with Crippen molar-refractivity contribution in [2.75, 3.05) is 5.73 Å². The molecule has 1 aromatic carbocycles. The minimum absolute atomic E-state index is 0.284. The Morgan fingerprint density at radius 2 is 2.21 bits per heavy atom. The first-order chi connectivity index (χ1) is 6.68. The van der Waals surface area contributed by atoms with Crippen LogP contribution in [0.4, 0.5) is 5.88 Å². The molecule has 0 saturated carbocycles. The molecule has 0 saturated heterocycles. The Kier molecular flexibility index (Phi) is 2.48. The lowest BCUT2D eigenvalue weighted by molar-refractivity contribution is 0.439. The Balaban J connectivity index is 2.57. The highest BCUT2D eigenvalue weighted by Gasteiger charge is 2.09. The lowest BCUT2D eigenvalue weighted by atomic mass is 10.1. The summed E-state index contributed by atoms with van der Waals surface area (Å²) < 4.78 is 5.56. The van der Waals surface area contributed by atoms with Crippen LogP contribution in [-0.2, 0) is 0 Å². The molecule has 0 aliphatic rings. The topological polar surface area (TPSA) is 52.0 Å². The van der Waals surface area contributed by atoms with Gasteiger partial charge in [0.1, 0.15) is 5.69 Å². The minimum atomic E-state index is 0.284. The van der Waals surface area contributed by atoms with Gasteiger partial charge in [-0.15, -0.1) is 0 Å². The highest BCUT2D eigenvalue weighted by molar-refractivity contribution is 9.10. The lowest BCUT2D eigenvalue weighted by Gasteiger charge is -2.00. The maximum Gasteiger partial charge on any atom is 0.222 e. The van der Waals surface area contributed by atoms with Crippen LogP contribution in [0.1, 0.15) is 0 Å². The second-order valence-electron chi connectivity index (χ2n) is 2.72. The monoisotopic (exact) mass is 272 g/mol. The molecular weight excluding hydrogens is 267 g/mol. The number of aromatic nitrogens is 1. The number of benzene rings is 1. The second kappa shape index (κ2) is 3.63. The molecule has 1 aromatic heterocycles. The van der Waals surface area contributed by atoms with Crippen molar-refractivity contribution in [3.05, 3.63) is 33.8 Å². The smallest absolute Gasteiger partial charge is 0.222 e. The van der Waals surface area contributed by atoms with E-state index in [0.717, 1.165) is 10.0 Å². The first-order valence-electron chi connectivity index (χ1n) is 3.85. The molecule has 0 atom stereocenters. The molecule has 0 unspecified atom stereocenters. The first-order valence-corrected chi connectivity index (χ1v) is 5.02. The molecule has 0 amide bonds. The van der Waals surface area contributed by atoms with E-state index in [4.69, 9.17) is 21.9 Å². The molecule has 3 nitrogen and oxygen atoms in total. The average Bonchev–Trinajstić information content (AvgIpc) is 2.57. The Bertz CT molecular complexity index is 470. The highest BCUT2D eigenvalue weighted by atomic mass is 79.9. The predicted octanol–water partition coefficient (Wildman–Crippen LogP) is 3.34. The molecule has 2 aromatic rings. The quantitative estimate of drug-likeness (QED) is 0.867. The van der Waals surface area contributed by atoms with Crippen LogP contribution in [0, 0.1) is 0 Å². The van der Waals surface area contributed by atoms with E-state index in [1.165, 1.54) is 0 Å². The second-order valence-corrected chi connectivity index (χ2v) is 3.92. The first kappa shape index (κ1) is 9.55. The molecule has 0 bridgehead atoms. The zero-order chi connectivity index (χ0) is 10.1. The van der Waals surface area contributed by atoms with Gasteiger partial charge in [0.25, 0.3) is 0 Å². The van der Waals surface area contributed by atoms with Gasteiger partial charge in [0, 0.05) is 16.1 Å². The third-order valence-electron chi connectivity index (χ3n) is 1.76. The van der Waals surface area contributed by atoms with Crippen molar-refractivity contribution in [2.45, 2.75) is 0 Å². The molecule has 14 heavy (non-hydrogen) atoms. The summed E-state index contributed by atoms with van der Waals surface area (Å²) >= 11 is 9.31. The van der Waals surface area contributed by atoms with Crippen molar-refractivity contribution >= 4 is 33.4 Å². The van der Waals surface area contributed by atoms with Gasteiger partial charge in [-0.1, -0.05) is 28.9 Å². The Morgan fingerprint density at radius 1 is 1.43 bits per heavy atom. The normalized spacial score (nSPS) is 10.4. The van der Waals surface area contributed by atoms with Gasteiger partial charge in [-0.2, -0.15) is 0 Å². The van der Waals surface area contributed by atoms with Crippen molar-refractivity contribution < 1.29 is 4.52 Å². The number of hydrogen-bond donors (Lipinski definition) is 1. The van der Waals surface area contributed by atoms with Gasteiger partial charge in [-0.05, 0) is 22.0 Å². The maximum absolute atomic E-state index is 5.93. The molecule has 72 valence electrons. The standard InChI is InChI=1S/C9H6BrClN2O/c10-9-5(2-1-3-6(9)11)7-4-8(12)14-13-7/h1-4H,12H2. The van der Waals surface area contributed by atoms with Gasteiger partial charge < -0.3 is 10.3 Å². The number of rotatable bonds is 1. The van der Waals surface area contributed by atoms with Crippen molar-refractivity contribution in [2.24, 2.45) is 0 Å². The van der Waals surface area contributed by atoms with Crippen LogP contribution in [0.3, 0.4) is 0 Å². The Hall–Kier alpha value is -1.00. The third kappa shape index (κ3) is 1.63. The number of halogens is 2. The maximum atomic E-state index is 5.93. The molecule has 1 heterocycles. The fourth-order valence-electron chi connectivity index (χ4n) is 1.12. The molecule has 0 radical (unpaired) electrons. The zero-order valence-corrected chi connectivity index (χ0v) is 9.34. The van der Waals surface area contributed by atoms with Crippen LogP contribution in [-0.4, -0.2) is 5.16 Å². The van der Waals surface area contributed by atoms with Crippen LogP contribution in [0.15, 0.2) is 33.3 Å². The number of nitrogen functional groups attached to an aromatic ring is 1. The molecule has 0 aliphatic carbocycles. The number of nitrogens with two attached hydrogens (primary N) is 1. The summed E-state index contributed by atoms with van der Waals surface area (Å²) in [5.41, 5.74) is 6.95. The summed E-state index contributed by atoms with van der Waals surface area (Å²) in [5.74, 6) is 0.284. The summed E-state index contributed by atoms with van der Waals surface area (Å²) in [4.78, 5) is 0. The number of hydrogen-bond acceptors (Lipinski definition) is 3. The lowest BCUT2D eigenvalue weighted by Crippen LogP contribution is -1.80. The summed E-state index contributed by atoms with van der Waals surface area (Å²) in [6.45, 7) is 0. The molecule has 5 heteroatoms. The average molecular weight is 274 g/mol. The third-order valence-corrected chi connectivity index (χ3v) is 3.15. The van der Waals surface area contributed by atoms with Crippen LogP contribution in [0.25, 0.3) is 11.3 Å². The largest absolute Gasteiger partial charge is 0.368 e. The van der Waals surface area contributed by atoms with E-state index < -0.39 is 0 Å². The van der Waals surface area contributed by atoms with E-state index in [2.05, 4.69) is 21.1 Å². The van der Waals surface area contributed by atoms with Crippen molar-refractivity contribution in [3.63, 3.8) is 0 Å². The van der Waals surface area contributed by atoms with Gasteiger partial charge in [-0.3, -0.25) is 0 Å². The van der Waals surface area contributed by atoms with Gasteiger partial charge in [0.05, 0.1) is 5.02 Å². The van der Waals surface area contributed by atoms with Gasteiger partial charge in [0.15, 0.2) is 0 Å². The van der Waals surface area contributed by atoms with E-state index in [-0.39, 0.29) is 5.88 Å². The molecule has 0 aliphatic heterocycles. The summed E-state index contributed by atoms with van der Waals surface area (Å²) in [7, 11) is 0.